The van der Waals surface area contributed by atoms with E-state index in [9.17, 15) is 8.42 Å². The lowest BCUT2D eigenvalue weighted by molar-refractivity contribution is 0.596. The van der Waals surface area contributed by atoms with Crippen LogP contribution in [0.2, 0.25) is 0 Å². The zero-order valence-corrected chi connectivity index (χ0v) is 10.5. The van der Waals surface area contributed by atoms with E-state index in [-0.39, 0.29) is 5.75 Å². The Morgan fingerprint density at radius 3 is 2.88 bits per heavy atom. The predicted octanol–water partition coefficient (Wildman–Crippen LogP) is 1.30. The van der Waals surface area contributed by atoms with Crippen molar-refractivity contribution in [2.75, 3.05) is 18.6 Å². The minimum absolute atomic E-state index is 0.174. The maximum Gasteiger partial charge on any atom is 0.148 e. The minimum atomic E-state index is -2.88. The molecule has 0 amide bonds. The van der Waals surface area contributed by atoms with Gasteiger partial charge in [0.05, 0.1) is 5.75 Å². The molecule has 2 aromatic rings. The van der Waals surface area contributed by atoms with Crippen molar-refractivity contribution >= 4 is 20.7 Å². The van der Waals surface area contributed by atoms with Crippen molar-refractivity contribution in [2.45, 2.75) is 6.54 Å². The van der Waals surface area contributed by atoms with E-state index in [0.29, 0.717) is 13.1 Å². The largest absolute Gasteiger partial charge is 0.361 e. The van der Waals surface area contributed by atoms with Gasteiger partial charge in [-0.1, -0.05) is 18.2 Å². The summed E-state index contributed by atoms with van der Waals surface area (Å²) >= 11 is 0. The molecule has 0 radical (unpaired) electrons. The molecule has 0 saturated carbocycles. The Kier molecular flexibility index (Phi) is 3.49. The average Bonchev–Trinajstić information content (AvgIpc) is 2.71. The van der Waals surface area contributed by atoms with Gasteiger partial charge in [-0.2, -0.15) is 0 Å². The van der Waals surface area contributed by atoms with Crippen molar-refractivity contribution in [3.05, 3.63) is 36.0 Å². The number of aromatic amines is 1. The van der Waals surface area contributed by atoms with E-state index in [0.717, 1.165) is 11.1 Å². The van der Waals surface area contributed by atoms with Crippen molar-refractivity contribution < 1.29 is 8.42 Å². The fourth-order valence-corrected chi connectivity index (χ4v) is 2.29. The van der Waals surface area contributed by atoms with Gasteiger partial charge in [-0.15, -0.1) is 0 Å². The van der Waals surface area contributed by atoms with Crippen LogP contribution in [0.1, 0.15) is 5.56 Å². The Morgan fingerprint density at radius 2 is 2.12 bits per heavy atom. The number of aromatic nitrogens is 1. The molecule has 1 heterocycles. The maximum atomic E-state index is 11.0. The number of H-pyrrole nitrogens is 1. The van der Waals surface area contributed by atoms with E-state index in [2.05, 4.69) is 10.3 Å². The topological polar surface area (TPSA) is 62.0 Å². The maximum absolute atomic E-state index is 11.0. The molecule has 0 unspecified atom stereocenters. The van der Waals surface area contributed by atoms with Crippen molar-refractivity contribution in [3.8, 4) is 0 Å². The zero-order valence-electron chi connectivity index (χ0n) is 9.73. The van der Waals surface area contributed by atoms with Gasteiger partial charge in [0.15, 0.2) is 0 Å². The van der Waals surface area contributed by atoms with Gasteiger partial charge >= 0.3 is 0 Å². The van der Waals surface area contributed by atoms with Gasteiger partial charge in [0, 0.05) is 31.1 Å². The standard InChI is InChI=1S/C12H16N2O2S/c1-17(15,16)8-7-13-9-11-4-2-3-10-5-6-14-12(10)11/h2-6,13-14H,7-9H2,1H3. The first kappa shape index (κ1) is 12.1. The molecule has 2 N–H and O–H groups in total. The second kappa shape index (κ2) is 4.89. The van der Waals surface area contributed by atoms with Crippen molar-refractivity contribution in [2.24, 2.45) is 0 Å². The Hall–Kier alpha value is -1.33. The summed E-state index contributed by atoms with van der Waals surface area (Å²) in [6.45, 7) is 1.16. The molecular weight excluding hydrogens is 236 g/mol. The lowest BCUT2D eigenvalue weighted by Crippen LogP contribution is -2.22. The Bertz CT molecular complexity index is 602. The van der Waals surface area contributed by atoms with Crippen molar-refractivity contribution in [1.29, 1.82) is 0 Å². The van der Waals surface area contributed by atoms with E-state index in [4.69, 9.17) is 0 Å². The summed E-state index contributed by atoms with van der Waals surface area (Å²) in [5.41, 5.74) is 2.26. The Balaban J connectivity index is 1.97. The van der Waals surface area contributed by atoms with Crippen LogP contribution in [0.5, 0.6) is 0 Å². The highest BCUT2D eigenvalue weighted by Crippen LogP contribution is 2.16. The van der Waals surface area contributed by atoms with Crippen LogP contribution in [0, 0.1) is 0 Å². The van der Waals surface area contributed by atoms with Crippen LogP contribution in [-0.4, -0.2) is 32.0 Å². The van der Waals surface area contributed by atoms with Gasteiger partial charge in [0.25, 0.3) is 0 Å². The van der Waals surface area contributed by atoms with Crippen LogP contribution in [0.3, 0.4) is 0 Å². The van der Waals surface area contributed by atoms with E-state index in [1.54, 1.807) is 0 Å². The highest BCUT2D eigenvalue weighted by Gasteiger charge is 2.03. The molecule has 0 aliphatic heterocycles. The third-order valence-corrected chi connectivity index (χ3v) is 3.58. The van der Waals surface area contributed by atoms with Gasteiger partial charge in [0.2, 0.25) is 0 Å². The molecule has 1 aromatic carbocycles. The summed E-state index contributed by atoms with van der Waals surface area (Å²) in [4.78, 5) is 3.19. The molecule has 92 valence electrons. The lowest BCUT2D eigenvalue weighted by atomic mass is 10.1. The monoisotopic (exact) mass is 252 g/mol. The summed E-state index contributed by atoms with van der Waals surface area (Å²) in [5.74, 6) is 0.174. The summed E-state index contributed by atoms with van der Waals surface area (Å²) in [7, 11) is -2.88. The van der Waals surface area contributed by atoms with Crippen LogP contribution in [0.15, 0.2) is 30.5 Å². The molecule has 0 spiro atoms. The molecule has 2 rings (SSSR count). The number of benzene rings is 1. The van der Waals surface area contributed by atoms with E-state index >= 15 is 0 Å². The summed E-state index contributed by atoms with van der Waals surface area (Å²) in [6.07, 6.45) is 3.16. The quantitative estimate of drug-likeness (QED) is 0.789. The predicted molar refractivity (Wildman–Crippen MR) is 69.7 cm³/mol. The first-order valence-corrected chi connectivity index (χ1v) is 7.56. The van der Waals surface area contributed by atoms with Gasteiger partial charge < -0.3 is 10.3 Å². The molecule has 4 nitrogen and oxygen atoms in total. The highest BCUT2D eigenvalue weighted by atomic mass is 32.2. The first-order valence-electron chi connectivity index (χ1n) is 5.50. The number of hydrogen-bond donors (Lipinski definition) is 2. The number of rotatable bonds is 5. The van der Waals surface area contributed by atoms with E-state index in [1.165, 1.54) is 11.6 Å². The first-order chi connectivity index (χ1) is 8.06. The fourth-order valence-electron chi connectivity index (χ4n) is 1.78. The van der Waals surface area contributed by atoms with Crippen LogP contribution in [0.25, 0.3) is 10.9 Å². The zero-order chi connectivity index (χ0) is 12.3. The fraction of sp³-hybridized carbons (Fsp3) is 0.333. The molecule has 5 heteroatoms. The van der Waals surface area contributed by atoms with Crippen LogP contribution in [0.4, 0.5) is 0 Å². The van der Waals surface area contributed by atoms with E-state index in [1.807, 2.05) is 30.5 Å². The molecule has 1 aromatic heterocycles. The molecule has 0 bridgehead atoms. The van der Waals surface area contributed by atoms with Gasteiger partial charge in [-0.3, -0.25) is 0 Å². The van der Waals surface area contributed by atoms with Crippen LogP contribution in [-0.2, 0) is 16.4 Å². The highest BCUT2D eigenvalue weighted by molar-refractivity contribution is 7.90. The molecule has 0 saturated heterocycles. The summed E-state index contributed by atoms with van der Waals surface area (Å²) in [5, 5.41) is 4.31. The third kappa shape index (κ3) is 3.31. The van der Waals surface area contributed by atoms with Gasteiger partial charge in [-0.05, 0) is 17.0 Å². The molecule has 0 aliphatic rings. The second-order valence-electron chi connectivity index (χ2n) is 4.17. The molecule has 17 heavy (non-hydrogen) atoms. The molecular formula is C12H16N2O2S. The molecule has 0 aliphatic carbocycles. The number of hydrogen-bond acceptors (Lipinski definition) is 3. The van der Waals surface area contributed by atoms with Gasteiger partial charge in [-0.25, -0.2) is 8.42 Å². The Labute approximate surface area is 101 Å². The number of sulfone groups is 1. The van der Waals surface area contributed by atoms with Crippen molar-refractivity contribution in [1.82, 2.24) is 10.3 Å². The molecule has 0 fully saturated rings. The SMILES string of the molecule is CS(=O)(=O)CCNCc1cccc2cc[nH]c12. The van der Waals surface area contributed by atoms with Gasteiger partial charge in [0.1, 0.15) is 9.84 Å². The third-order valence-electron chi connectivity index (χ3n) is 2.64. The van der Waals surface area contributed by atoms with Crippen LogP contribution >= 0.6 is 0 Å². The van der Waals surface area contributed by atoms with Crippen molar-refractivity contribution in [3.63, 3.8) is 0 Å². The van der Waals surface area contributed by atoms with E-state index < -0.39 is 9.84 Å². The average molecular weight is 252 g/mol. The minimum Gasteiger partial charge on any atom is -0.361 e. The second-order valence-corrected chi connectivity index (χ2v) is 6.43. The lowest BCUT2D eigenvalue weighted by Gasteiger charge is -2.05. The number of para-hydroxylation sites is 1. The summed E-state index contributed by atoms with van der Waals surface area (Å²) < 4.78 is 21.9. The summed E-state index contributed by atoms with van der Waals surface area (Å²) in [6, 6.07) is 8.11. The van der Waals surface area contributed by atoms with Crippen LogP contribution < -0.4 is 5.32 Å². The smallest absolute Gasteiger partial charge is 0.148 e. The number of nitrogens with one attached hydrogen (secondary N) is 2. The normalized spacial score (nSPS) is 12.1. The number of fused-ring (bicyclic) bond motifs is 1. The molecule has 0 atom stereocenters. The Morgan fingerprint density at radius 1 is 1.29 bits per heavy atom.